The molecular weight excluding hydrogens is 398 g/mol. The second-order valence-corrected chi connectivity index (χ2v) is 8.02. The minimum Gasteiger partial charge on any atom is -0.384 e. The maximum Gasteiger partial charge on any atom is 0.261 e. The minimum absolute atomic E-state index is 0.313. The fourth-order valence-electron chi connectivity index (χ4n) is 4.02. The number of para-hydroxylation sites is 2. The molecule has 0 aliphatic heterocycles. The van der Waals surface area contributed by atoms with E-state index in [-0.39, 0.29) is 5.91 Å². The van der Waals surface area contributed by atoms with Gasteiger partial charge in [0.2, 0.25) is 0 Å². The quantitative estimate of drug-likeness (QED) is 0.412. The Morgan fingerprint density at radius 1 is 0.906 bits per heavy atom. The van der Waals surface area contributed by atoms with Crippen molar-refractivity contribution < 1.29 is 4.79 Å². The van der Waals surface area contributed by atoms with Crippen LogP contribution in [0.5, 0.6) is 0 Å². The molecule has 1 amide bonds. The van der Waals surface area contributed by atoms with Gasteiger partial charge in [0.05, 0.1) is 16.7 Å². The maximum absolute atomic E-state index is 13.4. The first kappa shape index (κ1) is 19.8. The van der Waals surface area contributed by atoms with Crippen LogP contribution in [0.2, 0.25) is 0 Å². The first-order valence-corrected chi connectivity index (χ1v) is 10.5. The van der Waals surface area contributed by atoms with Gasteiger partial charge in [0.25, 0.3) is 5.91 Å². The molecule has 0 aliphatic rings. The Hall–Kier alpha value is -4.19. The van der Waals surface area contributed by atoms with E-state index in [2.05, 4.69) is 5.32 Å². The molecule has 158 valence electrons. The number of anilines is 2. The van der Waals surface area contributed by atoms with E-state index in [4.69, 9.17) is 15.7 Å². The molecule has 0 radical (unpaired) electrons. The minimum atomic E-state index is -0.313. The number of carbonyl (C=O) groups excluding carboxylic acids is 1. The molecule has 2 heterocycles. The zero-order valence-electron chi connectivity index (χ0n) is 18.2. The van der Waals surface area contributed by atoms with Crippen LogP contribution in [0.25, 0.3) is 27.9 Å². The SMILES string of the molecule is Cc1cccc(NC(=O)c2c(N)n(-c3cccc(C)c3C)c3nc4ccccc4nc23)c1. The summed E-state index contributed by atoms with van der Waals surface area (Å²) >= 11 is 0. The van der Waals surface area contributed by atoms with Crippen molar-refractivity contribution >= 4 is 39.6 Å². The van der Waals surface area contributed by atoms with Gasteiger partial charge in [-0.15, -0.1) is 0 Å². The van der Waals surface area contributed by atoms with Gasteiger partial charge in [-0.1, -0.05) is 36.4 Å². The lowest BCUT2D eigenvalue weighted by Gasteiger charge is -2.13. The molecule has 0 saturated heterocycles. The molecule has 0 saturated carbocycles. The van der Waals surface area contributed by atoms with E-state index >= 15 is 0 Å². The van der Waals surface area contributed by atoms with Gasteiger partial charge >= 0.3 is 0 Å². The molecule has 0 unspecified atom stereocenters. The number of nitrogens with two attached hydrogens (primary N) is 1. The van der Waals surface area contributed by atoms with Crippen molar-refractivity contribution in [2.45, 2.75) is 20.8 Å². The predicted octanol–water partition coefficient (Wildman–Crippen LogP) is 5.33. The number of nitrogens with one attached hydrogen (secondary N) is 1. The molecular formula is C26H23N5O. The topological polar surface area (TPSA) is 85.8 Å². The normalized spacial score (nSPS) is 11.2. The fraction of sp³-hybridized carbons (Fsp3) is 0.115. The highest BCUT2D eigenvalue weighted by atomic mass is 16.1. The number of nitrogens with zero attached hydrogens (tertiary/aromatic N) is 3. The van der Waals surface area contributed by atoms with E-state index in [1.807, 2.05) is 92.1 Å². The Morgan fingerprint density at radius 2 is 1.62 bits per heavy atom. The van der Waals surface area contributed by atoms with Gasteiger partial charge in [-0.3, -0.25) is 9.36 Å². The summed E-state index contributed by atoms with van der Waals surface area (Å²) in [6.45, 7) is 6.07. The van der Waals surface area contributed by atoms with Crippen molar-refractivity contribution in [3.63, 3.8) is 0 Å². The lowest BCUT2D eigenvalue weighted by molar-refractivity contribution is 0.102. The van der Waals surface area contributed by atoms with Crippen LogP contribution in [-0.2, 0) is 0 Å². The van der Waals surface area contributed by atoms with Crippen LogP contribution >= 0.6 is 0 Å². The number of carbonyl (C=O) groups is 1. The third-order valence-electron chi connectivity index (χ3n) is 5.82. The Bertz CT molecular complexity index is 1520. The molecule has 2 aromatic heterocycles. The molecule has 5 aromatic rings. The third kappa shape index (κ3) is 3.17. The smallest absolute Gasteiger partial charge is 0.261 e. The molecule has 0 atom stereocenters. The lowest BCUT2D eigenvalue weighted by Crippen LogP contribution is -2.14. The number of nitrogen functional groups attached to an aromatic ring is 1. The number of hydrogen-bond donors (Lipinski definition) is 2. The van der Waals surface area contributed by atoms with Crippen molar-refractivity contribution in [2.75, 3.05) is 11.1 Å². The van der Waals surface area contributed by atoms with Crippen LogP contribution in [0.4, 0.5) is 11.5 Å². The summed E-state index contributed by atoms with van der Waals surface area (Å²) in [7, 11) is 0. The molecule has 0 aliphatic carbocycles. The second-order valence-electron chi connectivity index (χ2n) is 8.02. The van der Waals surface area contributed by atoms with Crippen molar-refractivity contribution in [1.29, 1.82) is 0 Å². The first-order chi connectivity index (χ1) is 15.4. The number of aromatic nitrogens is 3. The van der Waals surface area contributed by atoms with E-state index in [0.29, 0.717) is 33.7 Å². The molecule has 32 heavy (non-hydrogen) atoms. The van der Waals surface area contributed by atoms with Gasteiger partial charge in [0, 0.05) is 5.69 Å². The second kappa shape index (κ2) is 7.50. The van der Waals surface area contributed by atoms with Crippen LogP contribution in [0.1, 0.15) is 27.0 Å². The average Bonchev–Trinajstić information content (AvgIpc) is 3.05. The van der Waals surface area contributed by atoms with Crippen molar-refractivity contribution in [1.82, 2.24) is 14.5 Å². The highest BCUT2D eigenvalue weighted by Gasteiger charge is 2.25. The van der Waals surface area contributed by atoms with Gasteiger partial charge in [-0.25, -0.2) is 9.97 Å². The molecule has 3 N–H and O–H groups in total. The molecule has 6 heteroatoms. The van der Waals surface area contributed by atoms with Gasteiger partial charge in [-0.2, -0.15) is 0 Å². The van der Waals surface area contributed by atoms with E-state index in [0.717, 1.165) is 27.9 Å². The Labute approximate surface area is 185 Å². The van der Waals surface area contributed by atoms with Crippen molar-refractivity contribution in [3.8, 4) is 5.69 Å². The average molecular weight is 422 g/mol. The molecule has 3 aromatic carbocycles. The summed E-state index contributed by atoms with van der Waals surface area (Å²) < 4.78 is 1.84. The van der Waals surface area contributed by atoms with E-state index in [1.54, 1.807) is 0 Å². The van der Waals surface area contributed by atoms with Crippen LogP contribution < -0.4 is 11.1 Å². The van der Waals surface area contributed by atoms with Gasteiger partial charge in [0.1, 0.15) is 16.9 Å². The van der Waals surface area contributed by atoms with E-state index < -0.39 is 0 Å². The fourth-order valence-corrected chi connectivity index (χ4v) is 4.02. The Morgan fingerprint density at radius 3 is 2.38 bits per heavy atom. The summed E-state index contributed by atoms with van der Waals surface area (Å²) in [5.41, 5.74) is 14.3. The standard InChI is InChI=1S/C26H23N5O/c1-15-8-6-10-18(14-15)28-26(32)22-23-25(30-20-12-5-4-11-19(20)29-23)31(24(22)27)21-13-7-9-16(2)17(21)3/h4-14H,27H2,1-3H3,(H,28,32). The maximum atomic E-state index is 13.4. The highest BCUT2D eigenvalue weighted by Crippen LogP contribution is 2.33. The summed E-state index contributed by atoms with van der Waals surface area (Å²) in [6.07, 6.45) is 0. The molecule has 0 spiro atoms. The zero-order chi connectivity index (χ0) is 22.4. The van der Waals surface area contributed by atoms with Gasteiger partial charge < -0.3 is 11.1 Å². The lowest BCUT2D eigenvalue weighted by atomic mass is 10.1. The monoisotopic (exact) mass is 421 g/mol. The number of fused-ring (bicyclic) bond motifs is 2. The number of amides is 1. The largest absolute Gasteiger partial charge is 0.384 e. The molecule has 0 fully saturated rings. The van der Waals surface area contributed by atoms with Gasteiger partial charge in [-0.05, 0) is 67.8 Å². The van der Waals surface area contributed by atoms with Crippen LogP contribution in [-0.4, -0.2) is 20.4 Å². The number of hydrogen-bond acceptors (Lipinski definition) is 4. The first-order valence-electron chi connectivity index (χ1n) is 10.5. The zero-order valence-corrected chi connectivity index (χ0v) is 18.2. The number of aryl methyl sites for hydroxylation is 2. The van der Waals surface area contributed by atoms with Crippen molar-refractivity contribution in [2.24, 2.45) is 0 Å². The van der Waals surface area contributed by atoms with Crippen LogP contribution in [0.3, 0.4) is 0 Å². The highest BCUT2D eigenvalue weighted by molar-refractivity contribution is 6.16. The number of rotatable bonds is 3. The molecule has 5 rings (SSSR count). The summed E-state index contributed by atoms with van der Waals surface area (Å²) in [6, 6.07) is 21.3. The van der Waals surface area contributed by atoms with Crippen molar-refractivity contribution in [3.05, 3.63) is 89.0 Å². The molecule has 6 nitrogen and oxygen atoms in total. The van der Waals surface area contributed by atoms with E-state index in [1.165, 1.54) is 0 Å². The summed E-state index contributed by atoms with van der Waals surface area (Å²) in [5, 5.41) is 2.97. The Kier molecular flexibility index (Phi) is 4.63. The predicted molar refractivity (Wildman–Crippen MR) is 129 cm³/mol. The van der Waals surface area contributed by atoms with Crippen LogP contribution in [0, 0.1) is 20.8 Å². The molecule has 0 bridgehead atoms. The van der Waals surface area contributed by atoms with Crippen LogP contribution in [0.15, 0.2) is 66.7 Å². The third-order valence-corrected chi connectivity index (χ3v) is 5.82. The van der Waals surface area contributed by atoms with Gasteiger partial charge in [0.15, 0.2) is 5.65 Å². The summed E-state index contributed by atoms with van der Waals surface area (Å²) in [4.78, 5) is 23.1. The summed E-state index contributed by atoms with van der Waals surface area (Å²) in [5.74, 6) is 0.000830. The van der Waals surface area contributed by atoms with E-state index in [9.17, 15) is 4.79 Å². The Balaban J connectivity index is 1.79. The number of benzene rings is 3.